The minimum Gasteiger partial charge on any atom is -0.497 e. The van der Waals surface area contributed by atoms with Gasteiger partial charge >= 0.3 is 0 Å². The Kier molecular flexibility index (Phi) is 5.66. The number of carbonyl (C=O) groups excluding carboxylic acids is 2. The van der Waals surface area contributed by atoms with Crippen LogP contribution in [0.25, 0.3) is 0 Å². The van der Waals surface area contributed by atoms with Gasteiger partial charge in [0.05, 0.1) is 26.5 Å². The van der Waals surface area contributed by atoms with Crippen molar-refractivity contribution >= 4 is 17.5 Å². The van der Waals surface area contributed by atoms with Crippen LogP contribution in [0.2, 0.25) is 0 Å². The van der Waals surface area contributed by atoms with Crippen LogP contribution in [0.3, 0.4) is 0 Å². The molecule has 0 bridgehead atoms. The van der Waals surface area contributed by atoms with E-state index in [0.717, 1.165) is 0 Å². The summed E-state index contributed by atoms with van der Waals surface area (Å²) in [6.07, 6.45) is 0.753. The molecule has 24 heavy (non-hydrogen) atoms. The second kappa shape index (κ2) is 7.53. The molecule has 1 atom stereocenters. The number of rotatable bonds is 7. The molecule has 0 aromatic heterocycles. The summed E-state index contributed by atoms with van der Waals surface area (Å²) >= 11 is 0. The maximum absolute atomic E-state index is 12.7. The Bertz CT molecular complexity index is 619. The minimum absolute atomic E-state index is 0.108. The van der Waals surface area contributed by atoms with E-state index in [1.807, 2.05) is 0 Å². The average molecular weight is 336 g/mol. The highest BCUT2D eigenvalue weighted by atomic mass is 16.5. The van der Waals surface area contributed by atoms with Crippen LogP contribution in [0.1, 0.15) is 19.8 Å². The van der Waals surface area contributed by atoms with Crippen molar-refractivity contribution in [2.45, 2.75) is 25.3 Å². The summed E-state index contributed by atoms with van der Waals surface area (Å²) in [6, 6.07) is 5.18. The van der Waals surface area contributed by atoms with Gasteiger partial charge in [0.15, 0.2) is 0 Å². The first-order chi connectivity index (χ1) is 11.5. The summed E-state index contributed by atoms with van der Waals surface area (Å²) in [5, 5.41) is 2.82. The maximum Gasteiger partial charge on any atom is 0.246 e. The standard InChI is InChI=1S/C17H24N2O5/c1-17(16(21)18-9-10-22-2)8-7-15(20)19(17)13-6-5-12(23-3)11-14(13)24-4/h5-6,11H,7-10H2,1-4H3,(H,18,21)/t17-/m1/s1. The lowest BCUT2D eigenvalue weighted by Gasteiger charge is -2.34. The Balaban J connectivity index is 2.35. The van der Waals surface area contributed by atoms with Gasteiger partial charge in [0.25, 0.3) is 0 Å². The fraction of sp³-hybridized carbons (Fsp3) is 0.529. The predicted octanol–water partition coefficient (Wildman–Crippen LogP) is 1.35. The molecule has 1 fully saturated rings. The Morgan fingerprint density at radius 3 is 2.67 bits per heavy atom. The average Bonchev–Trinajstić information content (AvgIpc) is 2.90. The molecule has 7 heteroatoms. The zero-order chi connectivity index (χ0) is 17.7. The van der Waals surface area contributed by atoms with Gasteiger partial charge in [0, 0.05) is 26.1 Å². The van der Waals surface area contributed by atoms with E-state index in [9.17, 15) is 9.59 Å². The highest BCUT2D eigenvalue weighted by Gasteiger charge is 2.48. The van der Waals surface area contributed by atoms with E-state index in [0.29, 0.717) is 43.2 Å². The first kappa shape index (κ1) is 18.1. The number of methoxy groups -OCH3 is 3. The number of benzene rings is 1. The van der Waals surface area contributed by atoms with Gasteiger partial charge in [0.2, 0.25) is 11.8 Å². The van der Waals surface area contributed by atoms with Gasteiger partial charge in [-0.1, -0.05) is 0 Å². The summed E-state index contributed by atoms with van der Waals surface area (Å²) in [5.74, 6) is 0.792. The zero-order valence-corrected chi connectivity index (χ0v) is 14.5. The summed E-state index contributed by atoms with van der Waals surface area (Å²) in [4.78, 5) is 26.7. The molecule has 1 aromatic carbocycles. The van der Waals surface area contributed by atoms with E-state index in [1.165, 1.54) is 12.0 Å². The molecule has 7 nitrogen and oxygen atoms in total. The van der Waals surface area contributed by atoms with Gasteiger partial charge in [-0.2, -0.15) is 0 Å². The highest BCUT2D eigenvalue weighted by Crippen LogP contribution is 2.41. The summed E-state index contributed by atoms with van der Waals surface area (Å²) < 4.78 is 15.5. The number of amides is 2. The molecule has 1 saturated heterocycles. The van der Waals surface area contributed by atoms with Crippen LogP contribution in [0, 0.1) is 0 Å². The number of hydrogen-bond acceptors (Lipinski definition) is 5. The lowest BCUT2D eigenvalue weighted by molar-refractivity contribution is -0.127. The van der Waals surface area contributed by atoms with E-state index in [-0.39, 0.29) is 11.8 Å². The molecule has 1 heterocycles. The molecule has 0 radical (unpaired) electrons. The van der Waals surface area contributed by atoms with Gasteiger partial charge in [-0.25, -0.2) is 0 Å². The van der Waals surface area contributed by atoms with E-state index in [1.54, 1.807) is 39.3 Å². The Morgan fingerprint density at radius 1 is 1.29 bits per heavy atom. The molecule has 0 aliphatic carbocycles. The molecule has 2 amide bonds. The highest BCUT2D eigenvalue weighted by molar-refractivity contribution is 6.07. The lowest BCUT2D eigenvalue weighted by atomic mass is 9.97. The molecular weight excluding hydrogens is 312 g/mol. The van der Waals surface area contributed by atoms with Crippen LogP contribution >= 0.6 is 0 Å². The van der Waals surface area contributed by atoms with E-state index in [2.05, 4.69) is 5.32 Å². The third-order valence-corrected chi connectivity index (χ3v) is 4.28. The van der Waals surface area contributed by atoms with Crippen molar-refractivity contribution in [1.29, 1.82) is 0 Å². The van der Waals surface area contributed by atoms with E-state index >= 15 is 0 Å². The first-order valence-corrected chi connectivity index (χ1v) is 7.80. The van der Waals surface area contributed by atoms with E-state index < -0.39 is 5.54 Å². The number of carbonyl (C=O) groups is 2. The molecule has 0 spiro atoms. The predicted molar refractivity (Wildman–Crippen MR) is 89.6 cm³/mol. The molecule has 1 aliphatic rings. The van der Waals surface area contributed by atoms with Gasteiger partial charge in [0.1, 0.15) is 17.0 Å². The molecule has 2 rings (SSSR count). The summed E-state index contributed by atoms with van der Waals surface area (Å²) in [5.41, 5.74) is -0.405. The summed E-state index contributed by atoms with van der Waals surface area (Å²) in [6.45, 7) is 2.58. The van der Waals surface area contributed by atoms with Crippen LogP contribution < -0.4 is 19.7 Å². The number of anilines is 1. The fourth-order valence-corrected chi connectivity index (χ4v) is 2.89. The topological polar surface area (TPSA) is 77.1 Å². The van der Waals surface area contributed by atoms with Crippen molar-refractivity contribution in [3.8, 4) is 11.5 Å². The third-order valence-electron chi connectivity index (χ3n) is 4.28. The minimum atomic E-state index is -0.966. The van der Waals surface area contributed by atoms with Crippen LogP contribution in [0.15, 0.2) is 18.2 Å². The quantitative estimate of drug-likeness (QED) is 0.761. The van der Waals surface area contributed by atoms with Crippen molar-refractivity contribution in [3.63, 3.8) is 0 Å². The van der Waals surface area contributed by atoms with E-state index in [4.69, 9.17) is 14.2 Å². The first-order valence-electron chi connectivity index (χ1n) is 7.80. The van der Waals surface area contributed by atoms with Gasteiger partial charge in [-0.3, -0.25) is 14.5 Å². The van der Waals surface area contributed by atoms with Crippen molar-refractivity contribution in [2.75, 3.05) is 39.4 Å². The van der Waals surface area contributed by atoms with Crippen molar-refractivity contribution < 1.29 is 23.8 Å². The van der Waals surface area contributed by atoms with Crippen molar-refractivity contribution in [1.82, 2.24) is 5.32 Å². The van der Waals surface area contributed by atoms with Crippen molar-refractivity contribution in [3.05, 3.63) is 18.2 Å². The monoisotopic (exact) mass is 336 g/mol. The van der Waals surface area contributed by atoms with Gasteiger partial charge in [-0.05, 0) is 25.5 Å². The second-order valence-electron chi connectivity index (χ2n) is 5.79. The molecule has 1 N–H and O–H groups in total. The third kappa shape index (κ3) is 3.31. The Labute approximate surface area is 141 Å². The molecule has 1 aromatic rings. The molecule has 0 saturated carbocycles. The summed E-state index contributed by atoms with van der Waals surface area (Å²) in [7, 11) is 4.65. The van der Waals surface area contributed by atoms with Crippen LogP contribution in [-0.4, -0.2) is 51.8 Å². The number of hydrogen-bond donors (Lipinski definition) is 1. The number of nitrogens with zero attached hydrogens (tertiary/aromatic N) is 1. The van der Waals surface area contributed by atoms with Crippen LogP contribution in [0.4, 0.5) is 5.69 Å². The van der Waals surface area contributed by atoms with Gasteiger partial charge in [-0.15, -0.1) is 0 Å². The second-order valence-corrected chi connectivity index (χ2v) is 5.79. The molecule has 0 unspecified atom stereocenters. The SMILES string of the molecule is COCCNC(=O)[C@@]1(C)CCC(=O)N1c1ccc(OC)cc1OC. The normalized spacial score (nSPS) is 20.2. The molecular formula is C17H24N2O5. The van der Waals surface area contributed by atoms with Gasteiger partial charge < -0.3 is 19.5 Å². The smallest absolute Gasteiger partial charge is 0.246 e. The Hall–Kier alpha value is -2.28. The number of ether oxygens (including phenoxy) is 3. The zero-order valence-electron chi connectivity index (χ0n) is 14.5. The van der Waals surface area contributed by atoms with Crippen LogP contribution in [0.5, 0.6) is 11.5 Å². The Morgan fingerprint density at radius 2 is 2.04 bits per heavy atom. The maximum atomic E-state index is 12.7. The number of nitrogens with one attached hydrogen (secondary N) is 1. The fourth-order valence-electron chi connectivity index (χ4n) is 2.89. The van der Waals surface area contributed by atoms with Crippen molar-refractivity contribution in [2.24, 2.45) is 0 Å². The lowest BCUT2D eigenvalue weighted by Crippen LogP contribution is -2.55. The molecule has 132 valence electrons. The molecule has 1 aliphatic heterocycles. The largest absolute Gasteiger partial charge is 0.497 e. The van der Waals surface area contributed by atoms with Crippen LogP contribution in [-0.2, 0) is 14.3 Å².